The standard InChI is InChI=1S/C24H28FN3O2/c1-17-11-13-27(14-12-17)16-24(29)28-23(19-3-7-20(25)8-4-19)15-22(26-28)18-5-9-21(30-2)10-6-18/h3-10,17,23H,11-16H2,1-2H3/t23-/m0/s1. The molecule has 2 heterocycles. The van der Waals surface area contributed by atoms with Crippen molar-refractivity contribution >= 4 is 11.6 Å². The highest BCUT2D eigenvalue weighted by atomic mass is 19.1. The fraction of sp³-hybridized carbons (Fsp3) is 0.417. The van der Waals surface area contributed by atoms with Crippen LogP contribution in [-0.2, 0) is 4.79 Å². The van der Waals surface area contributed by atoms with E-state index < -0.39 is 0 Å². The van der Waals surface area contributed by atoms with Crippen LogP contribution in [0.5, 0.6) is 5.75 Å². The summed E-state index contributed by atoms with van der Waals surface area (Å²) in [4.78, 5) is 15.4. The van der Waals surface area contributed by atoms with E-state index in [1.165, 1.54) is 12.1 Å². The molecule has 0 bridgehead atoms. The number of benzene rings is 2. The Morgan fingerprint density at radius 2 is 1.77 bits per heavy atom. The summed E-state index contributed by atoms with van der Waals surface area (Å²) in [5.74, 6) is 1.20. The van der Waals surface area contributed by atoms with Crippen LogP contribution in [0.25, 0.3) is 0 Å². The fourth-order valence-corrected chi connectivity index (χ4v) is 4.13. The largest absolute Gasteiger partial charge is 0.497 e. The average Bonchev–Trinajstić information content (AvgIpc) is 3.21. The first kappa shape index (κ1) is 20.5. The van der Waals surface area contributed by atoms with E-state index >= 15 is 0 Å². The summed E-state index contributed by atoms with van der Waals surface area (Å²) < 4.78 is 18.7. The van der Waals surface area contributed by atoms with E-state index in [0.717, 1.165) is 54.4 Å². The SMILES string of the molecule is COc1ccc(C2=NN(C(=O)CN3CCC(C)CC3)[C@H](c3ccc(F)cc3)C2)cc1. The molecule has 2 aromatic carbocycles. The minimum Gasteiger partial charge on any atom is -0.497 e. The maximum absolute atomic E-state index is 13.5. The van der Waals surface area contributed by atoms with Crippen molar-refractivity contribution in [2.24, 2.45) is 11.0 Å². The first-order chi connectivity index (χ1) is 14.5. The highest BCUT2D eigenvalue weighted by Crippen LogP contribution is 2.33. The van der Waals surface area contributed by atoms with Crippen molar-refractivity contribution in [3.05, 3.63) is 65.5 Å². The molecule has 1 saturated heterocycles. The second-order valence-electron chi connectivity index (χ2n) is 8.24. The molecule has 0 aliphatic carbocycles. The highest BCUT2D eigenvalue weighted by molar-refractivity contribution is 6.03. The van der Waals surface area contributed by atoms with Gasteiger partial charge in [0.1, 0.15) is 11.6 Å². The van der Waals surface area contributed by atoms with Crippen LogP contribution in [0.4, 0.5) is 4.39 Å². The third-order valence-electron chi connectivity index (χ3n) is 6.08. The van der Waals surface area contributed by atoms with Crippen molar-refractivity contribution in [2.75, 3.05) is 26.7 Å². The van der Waals surface area contributed by atoms with Gasteiger partial charge in [0.2, 0.25) is 0 Å². The lowest BCUT2D eigenvalue weighted by atomic mass is 9.98. The number of rotatable bonds is 5. The van der Waals surface area contributed by atoms with Crippen LogP contribution in [0.15, 0.2) is 53.6 Å². The number of methoxy groups -OCH3 is 1. The van der Waals surface area contributed by atoms with Gasteiger partial charge in [-0.25, -0.2) is 9.40 Å². The van der Waals surface area contributed by atoms with Crippen molar-refractivity contribution in [3.8, 4) is 5.75 Å². The maximum atomic E-state index is 13.5. The van der Waals surface area contributed by atoms with Crippen molar-refractivity contribution < 1.29 is 13.9 Å². The third-order valence-corrected chi connectivity index (χ3v) is 6.08. The molecule has 0 saturated carbocycles. The number of likely N-dealkylation sites (tertiary alicyclic amines) is 1. The molecule has 158 valence electrons. The Morgan fingerprint density at radius 3 is 2.40 bits per heavy atom. The minimum atomic E-state index is -0.284. The predicted molar refractivity (Wildman–Crippen MR) is 115 cm³/mol. The van der Waals surface area contributed by atoms with Gasteiger partial charge < -0.3 is 4.74 Å². The number of piperidine rings is 1. The van der Waals surface area contributed by atoms with E-state index in [4.69, 9.17) is 9.84 Å². The summed E-state index contributed by atoms with van der Waals surface area (Å²) in [6.45, 7) is 4.51. The maximum Gasteiger partial charge on any atom is 0.257 e. The molecule has 0 aromatic heterocycles. The van der Waals surface area contributed by atoms with Crippen LogP contribution in [0, 0.1) is 11.7 Å². The van der Waals surface area contributed by atoms with Gasteiger partial charge in [0, 0.05) is 6.42 Å². The second-order valence-corrected chi connectivity index (χ2v) is 8.24. The number of hydrazone groups is 1. The lowest BCUT2D eigenvalue weighted by Gasteiger charge is -2.31. The van der Waals surface area contributed by atoms with Gasteiger partial charge in [-0.15, -0.1) is 0 Å². The van der Waals surface area contributed by atoms with Crippen molar-refractivity contribution in [3.63, 3.8) is 0 Å². The molecular weight excluding hydrogens is 381 g/mol. The number of nitrogens with zero attached hydrogens (tertiary/aromatic N) is 3. The molecule has 4 rings (SSSR count). The molecule has 2 aliphatic heterocycles. The van der Waals surface area contributed by atoms with Crippen LogP contribution in [-0.4, -0.2) is 48.3 Å². The van der Waals surface area contributed by atoms with Gasteiger partial charge in [-0.3, -0.25) is 9.69 Å². The predicted octanol–water partition coefficient (Wildman–Crippen LogP) is 4.24. The Labute approximate surface area is 177 Å². The second kappa shape index (κ2) is 8.96. The number of carbonyl (C=O) groups is 1. The van der Waals surface area contributed by atoms with Crippen LogP contribution < -0.4 is 4.74 Å². The van der Waals surface area contributed by atoms with Crippen molar-refractivity contribution in [1.82, 2.24) is 9.91 Å². The minimum absolute atomic E-state index is 0.0117. The monoisotopic (exact) mass is 409 g/mol. The Morgan fingerprint density at radius 1 is 1.10 bits per heavy atom. The summed E-state index contributed by atoms with van der Waals surface area (Å²) >= 11 is 0. The average molecular weight is 410 g/mol. The fourth-order valence-electron chi connectivity index (χ4n) is 4.13. The molecular formula is C24H28FN3O2. The van der Waals surface area contributed by atoms with Crippen LogP contribution in [0.1, 0.15) is 43.4 Å². The Bertz CT molecular complexity index is 903. The van der Waals surface area contributed by atoms with E-state index in [2.05, 4.69) is 11.8 Å². The number of hydrogen-bond donors (Lipinski definition) is 0. The van der Waals surface area contributed by atoms with Gasteiger partial charge in [-0.1, -0.05) is 19.1 Å². The number of amides is 1. The van der Waals surface area contributed by atoms with E-state index in [1.54, 1.807) is 24.3 Å². The molecule has 1 amide bonds. The third kappa shape index (κ3) is 4.54. The molecule has 2 aliphatic rings. The summed E-state index contributed by atoms with van der Waals surface area (Å²) in [6, 6.07) is 13.8. The van der Waals surface area contributed by atoms with Gasteiger partial charge in [-0.2, -0.15) is 5.10 Å². The topological polar surface area (TPSA) is 45.1 Å². The lowest BCUT2D eigenvalue weighted by Crippen LogP contribution is -2.41. The molecule has 1 atom stereocenters. The van der Waals surface area contributed by atoms with Crippen LogP contribution in [0.3, 0.4) is 0 Å². The Kier molecular flexibility index (Phi) is 6.13. The zero-order valence-corrected chi connectivity index (χ0v) is 17.6. The molecule has 30 heavy (non-hydrogen) atoms. The Hall–Kier alpha value is -2.73. The summed E-state index contributed by atoms with van der Waals surface area (Å²) in [7, 11) is 1.63. The molecule has 0 spiro atoms. The van der Waals surface area contributed by atoms with E-state index in [9.17, 15) is 9.18 Å². The van der Waals surface area contributed by atoms with Gasteiger partial charge >= 0.3 is 0 Å². The normalized spacial score (nSPS) is 20.3. The molecule has 0 radical (unpaired) electrons. The van der Waals surface area contributed by atoms with Crippen LogP contribution >= 0.6 is 0 Å². The number of carbonyl (C=O) groups excluding carboxylic acids is 1. The summed E-state index contributed by atoms with van der Waals surface area (Å²) in [6.07, 6.45) is 2.84. The summed E-state index contributed by atoms with van der Waals surface area (Å²) in [5, 5.41) is 6.32. The zero-order chi connectivity index (χ0) is 21.1. The number of halogens is 1. The van der Waals surface area contributed by atoms with Crippen LogP contribution in [0.2, 0.25) is 0 Å². The molecule has 1 fully saturated rings. The molecule has 0 unspecified atom stereocenters. The quantitative estimate of drug-likeness (QED) is 0.742. The molecule has 6 heteroatoms. The van der Waals surface area contributed by atoms with Gasteiger partial charge in [0.25, 0.3) is 5.91 Å². The first-order valence-electron chi connectivity index (χ1n) is 10.6. The van der Waals surface area contributed by atoms with Crippen molar-refractivity contribution in [2.45, 2.75) is 32.2 Å². The van der Waals surface area contributed by atoms with E-state index in [0.29, 0.717) is 13.0 Å². The summed E-state index contributed by atoms with van der Waals surface area (Å²) in [5.41, 5.74) is 2.71. The van der Waals surface area contributed by atoms with E-state index in [1.807, 2.05) is 24.3 Å². The van der Waals surface area contributed by atoms with E-state index in [-0.39, 0.29) is 17.8 Å². The van der Waals surface area contributed by atoms with Gasteiger partial charge in [-0.05, 0) is 79.4 Å². The number of hydrogen-bond acceptors (Lipinski definition) is 4. The van der Waals surface area contributed by atoms with Gasteiger partial charge in [0.05, 0.1) is 25.4 Å². The smallest absolute Gasteiger partial charge is 0.257 e. The molecule has 0 N–H and O–H groups in total. The molecule has 2 aromatic rings. The first-order valence-corrected chi connectivity index (χ1v) is 10.6. The number of ether oxygens (including phenoxy) is 1. The Balaban J connectivity index is 1.57. The van der Waals surface area contributed by atoms with Crippen molar-refractivity contribution in [1.29, 1.82) is 0 Å². The van der Waals surface area contributed by atoms with Gasteiger partial charge in [0.15, 0.2) is 0 Å². The highest BCUT2D eigenvalue weighted by Gasteiger charge is 2.34. The lowest BCUT2D eigenvalue weighted by molar-refractivity contribution is -0.134. The molecule has 5 nitrogen and oxygen atoms in total. The zero-order valence-electron chi connectivity index (χ0n) is 17.6.